The van der Waals surface area contributed by atoms with Crippen LogP contribution in [0.1, 0.15) is 11.3 Å². The average Bonchev–Trinajstić information content (AvgIpc) is 2.74. The summed E-state index contributed by atoms with van der Waals surface area (Å²) in [5.41, 5.74) is 1.47. The van der Waals surface area contributed by atoms with E-state index in [1.54, 1.807) is 25.3 Å². The third kappa shape index (κ3) is 5.58. The molecular formula is C20H20N4O4S. The van der Waals surface area contributed by atoms with Gasteiger partial charge in [0, 0.05) is 12.5 Å². The van der Waals surface area contributed by atoms with Crippen molar-refractivity contribution in [1.29, 1.82) is 0 Å². The van der Waals surface area contributed by atoms with Gasteiger partial charge in [0.1, 0.15) is 17.2 Å². The molecule has 3 aromatic rings. The van der Waals surface area contributed by atoms with Gasteiger partial charge in [-0.05, 0) is 17.7 Å². The SMILES string of the molecule is COc1ccc(OC)c(NC(=O)CSc2nnc(Cc3ccccc3)c(=O)[nH]2)c1. The molecule has 1 amide bonds. The number of anilines is 1. The molecule has 0 fully saturated rings. The Hall–Kier alpha value is -3.33. The van der Waals surface area contributed by atoms with Gasteiger partial charge in [0.25, 0.3) is 5.56 Å². The fourth-order valence-corrected chi connectivity index (χ4v) is 3.15. The number of aromatic nitrogens is 3. The smallest absolute Gasteiger partial charge is 0.273 e. The van der Waals surface area contributed by atoms with Crippen LogP contribution in [-0.4, -0.2) is 41.1 Å². The summed E-state index contributed by atoms with van der Waals surface area (Å²) in [6.07, 6.45) is 0.393. The molecule has 0 saturated carbocycles. The molecule has 0 aliphatic carbocycles. The first-order valence-corrected chi connectivity index (χ1v) is 9.72. The second kappa shape index (κ2) is 9.74. The highest BCUT2D eigenvalue weighted by molar-refractivity contribution is 7.99. The lowest BCUT2D eigenvalue weighted by atomic mass is 10.1. The van der Waals surface area contributed by atoms with Gasteiger partial charge < -0.3 is 14.8 Å². The number of hydrogen-bond acceptors (Lipinski definition) is 7. The van der Waals surface area contributed by atoms with Crippen LogP contribution in [0.5, 0.6) is 11.5 Å². The molecule has 9 heteroatoms. The molecule has 0 radical (unpaired) electrons. The predicted octanol–water partition coefficient (Wildman–Crippen LogP) is 2.50. The fourth-order valence-electron chi connectivity index (χ4n) is 2.55. The first kappa shape index (κ1) is 20.4. The molecule has 8 nitrogen and oxygen atoms in total. The van der Waals surface area contributed by atoms with Crippen molar-refractivity contribution in [2.45, 2.75) is 11.6 Å². The zero-order valence-corrected chi connectivity index (χ0v) is 16.8. The van der Waals surface area contributed by atoms with Crippen molar-refractivity contribution in [3.8, 4) is 11.5 Å². The number of benzene rings is 2. The number of hydrogen-bond donors (Lipinski definition) is 2. The summed E-state index contributed by atoms with van der Waals surface area (Å²) in [5.74, 6) is 0.876. The molecule has 0 spiro atoms. The van der Waals surface area contributed by atoms with Crippen molar-refractivity contribution in [3.05, 3.63) is 70.1 Å². The van der Waals surface area contributed by atoms with Gasteiger partial charge in [0.15, 0.2) is 5.16 Å². The van der Waals surface area contributed by atoms with Crippen LogP contribution < -0.4 is 20.3 Å². The molecule has 0 atom stereocenters. The minimum Gasteiger partial charge on any atom is -0.497 e. The Balaban J connectivity index is 1.61. The molecule has 0 aliphatic heterocycles. The number of amides is 1. The molecule has 0 unspecified atom stereocenters. The predicted molar refractivity (Wildman–Crippen MR) is 111 cm³/mol. The van der Waals surface area contributed by atoms with Gasteiger partial charge in [-0.15, -0.1) is 10.2 Å². The zero-order chi connectivity index (χ0) is 20.6. The molecule has 29 heavy (non-hydrogen) atoms. The first-order chi connectivity index (χ1) is 14.1. The minimum atomic E-state index is -0.318. The molecule has 1 heterocycles. The second-order valence-corrected chi connectivity index (χ2v) is 6.94. The summed E-state index contributed by atoms with van der Waals surface area (Å²) < 4.78 is 10.4. The Labute approximate surface area is 171 Å². The van der Waals surface area contributed by atoms with Crippen LogP contribution in [0.25, 0.3) is 0 Å². The Bertz CT molecular complexity index is 1040. The summed E-state index contributed by atoms with van der Waals surface area (Å²) in [6, 6.07) is 14.7. The second-order valence-electron chi connectivity index (χ2n) is 5.97. The van der Waals surface area contributed by atoms with E-state index in [0.29, 0.717) is 29.3 Å². The largest absolute Gasteiger partial charge is 0.497 e. The van der Waals surface area contributed by atoms with Crippen molar-refractivity contribution in [2.75, 3.05) is 25.3 Å². The van der Waals surface area contributed by atoms with E-state index in [1.165, 1.54) is 7.11 Å². The van der Waals surface area contributed by atoms with Crippen LogP contribution >= 0.6 is 11.8 Å². The number of nitrogens with zero attached hydrogens (tertiary/aromatic N) is 2. The topological polar surface area (TPSA) is 106 Å². The molecular weight excluding hydrogens is 392 g/mol. The standard InChI is InChI=1S/C20H20N4O4S/c1-27-14-8-9-17(28-2)15(11-14)21-18(25)12-29-20-22-19(26)16(23-24-20)10-13-6-4-3-5-7-13/h3-9,11H,10,12H2,1-2H3,(H,21,25)(H,22,24,26). The van der Waals surface area contributed by atoms with E-state index in [-0.39, 0.29) is 22.4 Å². The lowest BCUT2D eigenvalue weighted by Crippen LogP contribution is -2.19. The lowest BCUT2D eigenvalue weighted by molar-refractivity contribution is -0.113. The number of nitrogens with one attached hydrogen (secondary N) is 2. The number of carbonyl (C=O) groups is 1. The van der Waals surface area contributed by atoms with E-state index in [9.17, 15) is 9.59 Å². The number of methoxy groups -OCH3 is 2. The van der Waals surface area contributed by atoms with E-state index in [1.807, 2.05) is 30.3 Å². The third-order valence-electron chi connectivity index (χ3n) is 3.98. The first-order valence-electron chi connectivity index (χ1n) is 8.73. The molecule has 0 aliphatic rings. The van der Waals surface area contributed by atoms with Crippen molar-refractivity contribution in [1.82, 2.24) is 15.2 Å². The maximum Gasteiger partial charge on any atom is 0.273 e. The number of rotatable bonds is 8. The van der Waals surface area contributed by atoms with Gasteiger partial charge in [-0.25, -0.2) is 0 Å². The van der Waals surface area contributed by atoms with Gasteiger partial charge in [-0.3, -0.25) is 14.6 Å². The van der Waals surface area contributed by atoms with E-state index in [4.69, 9.17) is 9.47 Å². The van der Waals surface area contributed by atoms with Crippen LogP contribution in [-0.2, 0) is 11.2 Å². The van der Waals surface area contributed by atoms with Crippen molar-refractivity contribution in [3.63, 3.8) is 0 Å². The Morgan fingerprint density at radius 3 is 2.59 bits per heavy atom. The molecule has 3 rings (SSSR count). The Morgan fingerprint density at radius 2 is 1.90 bits per heavy atom. The summed E-state index contributed by atoms with van der Waals surface area (Å²) in [6.45, 7) is 0. The number of aromatic amines is 1. The Morgan fingerprint density at radius 1 is 1.10 bits per heavy atom. The van der Waals surface area contributed by atoms with Gasteiger partial charge in [0.2, 0.25) is 5.91 Å². The molecule has 2 aromatic carbocycles. The van der Waals surface area contributed by atoms with Crippen LogP contribution in [0, 0.1) is 0 Å². The summed E-state index contributed by atoms with van der Waals surface area (Å²) in [4.78, 5) is 27.2. The van der Waals surface area contributed by atoms with Crippen LogP contribution in [0.2, 0.25) is 0 Å². The highest BCUT2D eigenvalue weighted by atomic mass is 32.2. The maximum absolute atomic E-state index is 12.3. The van der Waals surface area contributed by atoms with Crippen molar-refractivity contribution < 1.29 is 14.3 Å². The van der Waals surface area contributed by atoms with Crippen LogP contribution in [0.15, 0.2) is 58.5 Å². The molecule has 0 bridgehead atoms. The van der Waals surface area contributed by atoms with E-state index in [0.717, 1.165) is 17.3 Å². The molecule has 1 aromatic heterocycles. The van der Waals surface area contributed by atoms with E-state index < -0.39 is 0 Å². The highest BCUT2D eigenvalue weighted by Gasteiger charge is 2.12. The monoisotopic (exact) mass is 412 g/mol. The molecule has 150 valence electrons. The molecule has 0 saturated heterocycles. The van der Waals surface area contributed by atoms with E-state index >= 15 is 0 Å². The van der Waals surface area contributed by atoms with Gasteiger partial charge in [-0.1, -0.05) is 42.1 Å². The molecule has 2 N–H and O–H groups in total. The number of H-pyrrole nitrogens is 1. The van der Waals surface area contributed by atoms with Gasteiger partial charge in [-0.2, -0.15) is 0 Å². The Kier molecular flexibility index (Phi) is 6.85. The van der Waals surface area contributed by atoms with Crippen LogP contribution in [0.3, 0.4) is 0 Å². The maximum atomic E-state index is 12.3. The van der Waals surface area contributed by atoms with Crippen molar-refractivity contribution in [2.24, 2.45) is 0 Å². The van der Waals surface area contributed by atoms with Gasteiger partial charge >= 0.3 is 0 Å². The minimum absolute atomic E-state index is 0.0447. The van der Waals surface area contributed by atoms with Crippen molar-refractivity contribution >= 4 is 23.4 Å². The number of ether oxygens (including phenoxy) is 2. The summed E-state index contributed by atoms with van der Waals surface area (Å²) >= 11 is 1.09. The summed E-state index contributed by atoms with van der Waals surface area (Å²) in [7, 11) is 3.06. The zero-order valence-electron chi connectivity index (χ0n) is 16.0. The number of carbonyl (C=O) groups excluding carboxylic acids is 1. The third-order valence-corrected chi connectivity index (χ3v) is 4.84. The van der Waals surface area contributed by atoms with E-state index in [2.05, 4.69) is 20.5 Å². The van der Waals surface area contributed by atoms with Gasteiger partial charge in [0.05, 0.1) is 25.7 Å². The normalized spacial score (nSPS) is 10.4. The average molecular weight is 412 g/mol. The summed E-state index contributed by atoms with van der Waals surface area (Å²) in [5, 5.41) is 11.0. The quantitative estimate of drug-likeness (QED) is 0.548. The fraction of sp³-hybridized carbons (Fsp3) is 0.200. The number of thioether (sulfide) groups is 1. The lowest BCUT2D eigenvalue weighted by Gasteiger charge is -2.11. The highest BCUT2D eigenvalue weighted by Crippen LogP contribution is 2.29. The van der Waals surface area contributed by atoms with Crippen LogP contribution in [0.4, 0.5) is 5.69 Å².